The molecule has 1 heterocycles. The second kappa shape index (κ2) is 9.93. The molecule has 4 rings (SSSR count). The number of fused-ring (bicyclic) bond motifs is 1. The van der Waals surface area contributed by atoms with Crippen molar-refractivity contribution in [3.8, 4) is 11.5 Å². The minimum atomic E-state index is -0.638. The predicted octanol–water partition coefficient (Wildman–Crippen LogP) is 4.36. The molecule has 2 aliphatic rings. The highest BCUT2D eigenvalue weighted by Crippen LogP contribution is 2.42. The van der Waals surface area contributed by atoms with Crippen LogP contribution in [0.5, 0.6) is 11.5 Å². The zero-order valence-electron chi connectivity index (χ0n) is 19.4. The number of esters is 1. The molecule has 34 heavy (non-hydrogen) atoms. The summed E-state index contributed by atoms with van der Waals surface area (Å²) in [5, 5.41) is 3.31. The first-order valence-corrected chi connectivity index (χ1v) is 11.6. The maximum atomic E-state index is 13.7. The Morgan fingerprint density at radius 2 is 1.94 bits per heavy atom. The van der Waals surface area contributed by atoms with Crippen molar-refractivity contribution in [2.45, 2.75) is 38.8 Å². The van der Waals surface area contributed by atoms with Crippen molar-refractivity contribution in [1.29, 1.82) is 0 Å². The molecular weight excluding hydrogens is 460 g/mol. The van der Waals surface area contributed by atoms with Gasteiger partial charge in [0, 0.05) is 23.0 Å². The number of benzene rings is 2. The topological polar surface area (TPSA) is 94.2 Å². The number of halogens is 1. The largest absolute Gasteiger partial charge is 0.493 e. The average Bonchev–Trinajstić information content (AvgIpc) is 3.63. The molecule has 1 aliphatic carbocycles. The molecule has 1 aliphatic heterocycles. The van der Waals surface area contributed by atoms with E-state index in [2.05, 4.69) is 5.32 Å². The number of rotatable bonds is 9. The van der Waals surface area contributed by atoms with Gasteiger partial charge in [-0.05, 0) is 49.6 Å². The van der Waals surface area contributed by atoms with Crippen LogP contribution in [-0.4, -0.2) is 43.5 Å². The smallest absolute Gasteiger partial charge is 0.307 e. The zero-order valence-corrected chi connectivity index (χ0v) is 20.1. The number of hydrogen-bond acceptors (Lipinski definition) is 6. The van der Waals surface area contributed by atoms with Gasteiger partial charge in [0.25, 0.3) is 5.91 Å². The summed E-state index contributed by atoms with van der Waals surface area (Å²) >= 11 is 6.45. The van der Waals surface area contributed by atoms with E-state index in [9.17, 15) is 14.4 Å². The normalized spacial score (nSPS) is 15.5. The summed E-state index contributed by atoms with van der Waals surface area (Å²) in [5.74, 6) is 0.173. The van der Waals surface area contributed by atoms with Gasteiger partial charge in [-0.15, -0.1) is 0 Å². The van der Waals surface area contributed by atoms with Crippen LogP contribution in [0.3, 0.4) is 0 Å². The van der Waals surface area contributed by atoms with Crippen LogP contribution in [0.4, 0.5) is 5.69 Å². The molecule has 8 nitrogen and oxygen atoms in total. The average molecular weight is 487 g/mol. The maximum absolute atomic E-state index is 13.7. The fourth-order valence-electron chi connectivity index (χ4n) is 4.16. The Kier molecular flexibility index (Phi) is 6.97. The highest BCUT2D eigenvalue weighted by molar-refractivity contribution is 6.32. The summed E-state index contributed by atoms with van der Waals surface area (Å²) in [6.07, 6.45) is 1.64. The van der Waals surface area contributed by atoms with Gasteiger partial charge in [-0.1, -0.05) is 17.7 Å². The number of nitrogens with zero attached hydrogens (tertiary/aromatic N) is 1. The number of amides is 2. The molecule has 0 radical (unpaired) electrons. The summed E-state index contributed by atoms with van der Waals surface area (Å²) in [4.78, 5) is 40.0. The highest BCUT2D eigenvalue weighted by Gasteiger charge is 2.39. The third-order valence-electron chi connectivity index (χ3n) is 6.10. The molecule has 0 bridgehead atoms. The van der Waals surface area contributed by atoms with Gasteiger partial charge in [0.05, 0.1) is 44.5 Å². The van der Waals surface area contributed by atoms with Gasteiger partial charge in [-0.3, -0.25) is 14.4 Å². The molecule has 2 aromatic carbocycles. The number of anilines is 1. The fourth-order valence-corrected chi connectivity index (χ4v) is 4.38. The Bertz CT molecular complexity index is 1130. The van der Waals surface area contributed by atoms with Gasteiger partial charge in [0.1, 0.15) is 0 Å². The standard InChI is InChI=1S/C25H27ClN2O6/c1-4-34-21-11-15(7-10-20(21)32-2)19(12-22(29)33-3)28-13-16-17(26)8-9-18(23(16)25(28)31)27-24(30)14-5-6-14/h7-11,14,19H,4-6,12-13H2,1-3H3,(H,27,30)/t19-/m1/s1. The number of hydrogen-bond donors (Lipinski definition) is 1. The molecule has 0 saturated heterocycles. The minimum absolute atomic E-state index is 0.0118. The van der Waals surface area contributed by atoms with Crippen molar-refractivity contribution in [2.24, 2.45) is 5.92 Å². The van der Waals surface area contributed by atoms with E-state index < -0.39 is 12.0 Å². The second-order valence-electron chi connectivity index (χ2n) is 8.28. The van der Waals surface area contributed by atoms with Crippen molar-refractivity contribution in [1.82, 2.24) is 4.90 Å². The predicted molar refractivity (Wildman–Crippen MR) is 126 cm³/mol. The van der Waals surface area contributed by atoms with Crippen LogP contribution in [0.2, 0.25) is 5.02 Å². The van der Waals surface area contributed by atoms with Crippen molar-refractivity contribution in [3.63, 3.8) is 0 Å². The van der Waals surface area contributed by atoms with E-state index in [4.69, 9.17) is 25.8 Å². The molecule has 1 fully saturated rings. The molecule has 0 spiro atoms. The lowest BCUT2D eigenvalue weighted by molar-refractivity contribution is -0.141. The number of ether oxygens (including phenoxy) is 3. The molecule has 1 atom stereocenters. The van der Waals surface area contributed by atoms with Gasteiger partial charge in [-0.2, -0.15) is 0 Å². The van der Waals surface area contributed by atoms with Gasteiger partial charge < -0.3 is 24.4 Å². The molecular formula is C25H27ClN2O6. The minimum Gasteiger partial charge on any atom is -0.493 e. The van der Waals surface area contributed by atoms with Crippen LogP contribution in [0.1, 0.15) is 53.7 Å². The summed E-state index contributed by atoms with van der Waals surface area (Å²) in [7, 11) is 2.85. The molecule has 0 aromatic heterocycles. The number of methoxy groups -OCH3 is 2. The Labute approximate surface area is 203 Å². The highest BCUT2D eigenvalue weighted by atomic mass is 35.5. The second-order valence-corrected chi connectivity index (χ2v) is 8.69. The van der Waals surface area contributed by atoms with Crippen molar-refractivity contribution >= 4 is 35.1 Å². The maximum Gasteiger partial charge on any atom is 0.307 e. The van der Waals surface area contributed by atoms with Crippen LogP contribution in [0.25, 0.3) is 0 Å². The number of carbonyl (C=O) groups is 3. The Hall–Kier alpha value is -3.26. The third-order valence-corrected chi connectivity index (χ3v) is 6.46. The van der Waals surface area contributed by atoms with E-state index in [-0.39, 0.29) is 30.7 Å². The van der Waals surface area contributed by atoms with Crippen molar-refractivity contribution < 1.29 is 28.6 Å². The lowest BCUT2D eigenvalue weighted by atomic mass is 10.0. The molecule has 1 saturated carbocycles. The summed E-state index contributed by atoms with van der Waals surface area (Å²) in [6, 6.07) is 7.99. The molecule has 1 N–H and O–H groups in total. The molecule has 2 amide bonds. The van der Waals surface area contributed by atoms with Crippen LogP contribution >= 0.6 is 11.6 Å². The first-order valence-electron chi connectivity index (χ1n) is 11.2. The third kappa shape index (κ3) is 4.68. The summed E-state index contributed by atoms with van der Waals surface area (Å²) in [5.41, 5.74) is 2.10. The Morgan fingerprint density at radius 1 is 1.18 bits per heavy atom. The van der Waals surface area contributed by atoms with Gasteiger partial charge in [0.2, 0.25) is 5.91 Å². The van der Waals surface area contributed by atoms with E-state index >= 15 is 0 Å². The quantitative estimate of drug-likeness (QED) is 0.529. The fraction of sp³-hybridized carbons (Fsp3) is 0.400. The van der Waals surface area contributed by atoms with Gasteiger partial charge >= 0.3 is 5.97 Å². The van der Waals surface area contributed by atoms with E-state index in [1.54, 1.807) is 42.3 Å². The SMILES string of the molecule is CCOc1cc([C@@H](CC(=O)OC)N2Cc3c(Cl)ccc(NC(=O)C4CC4)c3C2=O)ccc1OC. The van der Waals surface area contributed by atoms with Crippen LogP contribution < -0.4 is 14.8 Å². The van der Waals surface area contributed by atoms with E-state index in [1.807, 2.05) is 6.92 Å². The number of nitrogens with one attached hydrogen (secondary N) is 1. The Balaban J connectivity index is 1.72. The zero-order chi connectivity index (χ0) is 24.4. The first-order chi connectivity index (χ1) is 16.4. The van der Waals surface area contributed by atoms with E-state index in [1.165, 1.54) is 7.11 Å². The lowest BCUT2D eigenvalue weighted by Crippen LogP contribution is -2.31. The summed E-state index contributed by atoms with van der Waals surface area (Å²) < 4.78 is 16.0. The number of carbonyl (C=O) groups excluding carboxylic acids is 3. The molecule has 9 heteroatoms. The monoisotopic (exact) mass is 486 g/mol. The van der Waals surface area contributed by atoms with Crippen LogP contribution in [0, 0.1) is 5.92 Å². The lowest BCUT2D eigenvalue weighted by Gasteiger charge is -2.28. The van der Waals surface area contributed by atoms with Crippen molar-refractivity contribution in [3.05, 3.63) is 52.0 Å². The van der Waals surface area contributed by atoms with Crippen molar-refractivity contribution in [2.75, 3.05) is 26.1 Å². The van der Waals surface area contributed by atoms with Gasteiger partial charge in [0.15, 0.2) is 11.5 Å². The molecule has 180 valence electrons. The van der Waals surface area contributed by atoms with Crippen LogP contribution in [0.15, 0.2) is 30.3 Å². The van der Waals surface area contributed by atoms with Crippen LogP contribution in [-0.2, 0) is 20.9 Å². The molecule has 0 unspecified atom stereocenters. The van der Waals surface area contributed by atoms with E-state index in [0.29, 0.717) is 45.5 Å². The first kappa shape index (κ1) is 23.9. The summed E-state index contributed by atoms with van der Waals surface area (Å²) in [6.45, 7) is 2.48. The van der Waals surface area contributed by atoms with E-state index in [0.717, 1.165) is 12.8 Å². The molecule has 2 aromatic rings. The van der Waals surface area contributed by atoms with Gasteiger partial charge in [-0.25, -0.2) is 0 Å². The Morgan fingerprint density at radius 3 is 2.59 bits per heavy atom.